The van der Waals surface area contributed by atoms with E-state index in [1.165, 1.54) is 11.1 Å². The van der Waals surface area contributed by atoms with Crippen LogP contribution in [0.5, 0.6) is 0 Å². The molecule has 1 N–H and O–H groups in total. The van der Waals surface area contributed by atoms with Gasteiger partial charge in [0.15, 0.2) is 0 Å². The molecule has 1 aromatic carbocycles. The molecule has 1 saturated heterocycles. The molecular weight excluding hydrogens is 262 g/mol. The van der Waals surface area contributed by atoms with Crippen molar-refractivity contribution in [2.24, 2.45) is 5.92 Å². The highest BCUT2D eigenvalue weighted by molar-refractivity contribution is 5.24. The lowest BCUT2D eigenvalue weighted by atomic mass is 10.0. The zero-order valence-electron chi connectivity index (χ0n) is 13.4. The summed E-state index contributed by atoms with van der Waals surface area (Å²) in [5.41, 5.74) is 2.58. The maximum absolute atomic E-state index is 6.25. The normalized spacial score (nSPS) is 17.8. The molecule has 3 nitrogen and oxygen atoms in total. The molecule has 1 aromatic rings. The standard InChI is InChI=1S/C18H29NO2/c1-3-9-19-13-18(17-6-4-5-15(2)12-17)21-14-16-7-10-20-11-8-16/h4-6,12,16,18-19H,3,7-11,13-14H2,1-2H3. The highest BCUT2D eigenvalue weighted by Crippen LogP contribution is 2.22. The van der Waals surface area contributed by atoms with Gasteiger partial charge in [-0.1, -0.05) is 36.8 Å². The van der Waals surface area contributed by atoms with E-state index in [0.29, 0.717) is 5.92 Å². The van der Waals surface area contributed by atoms with E-state index in [-0.39, 0.29) is 6.10 Å². The number of ether oxygens (including phenoxy) is 2. The first-order valence-electron chi connectivity index (χ1n) is 8.26. The SMILES string of the molecule is CCCNCC(OCC1CCOCC1)c1cccc(C)c1. The highest BCUT2D eigenvalue weighted by atomic mass is 16.5. The van der Waals surface area contributed by atoms with Crippen LogP contribution in [0, 0.1) is 12.8 Å². The molecule has 0 bridgehead atoms. The predicted octanol–water partition coefficient (Wildman–Crippen LogP) is 3.48. The van der Waals surface area contributed by atoms with Crippen LogP contribution in [0.25, 0.3) is 0 Å². The number of hydrogen-bond acceptors (Lipinski definition) is 3. The summed E-state index contributed by atoms with van der Waals surface area (Å²) in [6.45, 7) is 8.88. The minimum absolute atomic E-state index is 0.152. The number of rotatable bonds is 8. The summed E-state index contributed by atoms with van der Waals surface area (Å²) >= 11 is 0. The molecule has 3 heteroatoms. The fourth-order valence-electron chi connectivity index (χ4n) is 2.72. The predicted molar refractivity (Wildman–Crippen MR) is 86.6 cm³/mol. The molecule has 0 radical (unpaired) electrons. The van der Waals surface area contributed by atoms with Crippen molar-refractivity contribution in [2.45, 2.75) is 39.2 Å². The lowest BCUT2D eigenvalue weighted by Crippen LogP contribution is -2.27. The maximum atomic E-state index is 6.25. The molecule has 0 saturated carbocycles. The quantitative estimate of drug-likeness (QED) is 0.744. The average Bonchev–Trinajstić information content (AvgIpc) is 2.52. The Labute approximate surface area is 129 Å². The highest BCUT2D eigenvalue weighted by Gasteiger charge is 2.18. The van der Waals surface area contributed by atoms with Gasteiger partial charge in [0.05, 0.1) is 12.7 Å². The van der Waals surface area contributed by atoms with Gasteiger partial charge in [0, 0.05) is 19.8 Å². The van der Waals surface area contributed by atoms with Gasteiger partial charge >= 0.3 is 0 Å². The van der Waals surface area contributed by atoms with Crippen molar-refractivity contribution in [3.8, 4) is 0 Å². The summed E-state index contributed by atoms with van der Waals surface area (Å²) in [6, 6.07) is 8.67. The summed E-state index contributed by atoms with van der Waals surface area (Å²) in [5, 5.41) is 3.49. The van der Waals surface area contributed by atoms with Crippen LogP contribution in [0.15, 0.2) is 24.3 Å². The zero-order chi connectivity index (χ0) is 14.9. The van der Waals surface area contributed by atoms with Crippen LogP contribution in [-0.4, -0.2) is 32.9 Å². The van der Waals surface area contributed by atoms with E-state index >= 15 is 0 Å². The van der Waals surface area contributed by atoms with Gasteiger partial charge in [-0.05, 0) is 44.2 Å². The van der Waals surface area contributed by atoms with Gasteiger partial charge in [-0.15, -0.1) is 0 Å². The molecule has 0 aliphatic carbocycles. The molecule has 1 aliphatic rings. The van der Waals surface area contributed by atoms with E-state index in [0.717, 1.165) is 52.2 Å². The minimum atomic E-state index is 0.152. The Hall–Kier alpha value is -0.900. The summed E-state index contributed by atoms with van der Waals surface area (Å²) in [4.78, 5) is 0. The van der Waals surface area contributed by atoms with Crippen molar-refractivity contribution < 1.29 is 9.47 Å². The molecule has 0 spiro atoms. The molecule has 1 heterocycles. The van der Waals surface area contributed by atoms with Gasteiger partial charge in [0.25, 0.3) is 0 Å². The first-order valence-corrected chi connectivity index (χ1v) is 8.26. The smallest absolute Gasteiger partial charge is 0.0949 e. The fourth-order valence-corrected chi connectivity index (χ4v) is 2.72. The van der Waals surface area contributed by atoms with Crippen LogP contribution in [0.2, 0.25) is 0 Å². The Morgan fingerprint density at radius 2 is 2.14 bits per heavy atom. The van der Waals surface area contributed by atoms with Crippen LogP contribution in [-0.2, 0) is 9.47 Å². The summed E-state index contributed by atoms with van der Waals surface area (Å²) in [5.74, 6) is 0.650. The van der Waals surface area contributed by atoms with E-state index in [1.807, 2.05) is 0 Å². The maximum Gasteiger partial charge on any atom is 0.0949 e. The van der Waals surface area contributed by atoms with Crippen molar-refractivity contribution >= 4 is 0 Å². The second-order valence-corrected chi connectivity index (χ2v) is 6.00. The fraction of sp³-hybridized carbons (Fsp3) is 0.667. The van der Waals surface area contributed by atoms with Gasteiger partial charge < -0.3 is 14.8 Å². The van der Waals surface area contributed by atoms with Crippen LogP contribution < -0.4 is 5.32 Å². The Bertz CT molecular complexity index is 402. The second kappa shape index (κ2) is 9.19. The number of hydrogen-bond donors (Lipinski definition) is 1. The Balaban J connectivity index is 1.91. The van der Waals surface area contributed by atoms with Gasteiger partial charge in [-0.25, -0.2) is 0 Å². The molecular formula is C18H29NO2. The molecule has 21 heavy (non-hydrogen) atoms. The third-order valence-corrected chi connectivity index (χ3v) is 4.04. The van der Waals surface area contributed by atoms with E-state index in [9.17, 15) is 0 Å². The van der Waals surface area contributed by atoms with Crippen LogP contribution in [0.1, 0.15) is 43.4 Å². The van der Waals surface area contributed by atoms with E-state index < -0.39 is 0 Å². The topological polar surface area (TPSA) is 30.5 Å². The van der Waals surface area contributed by atoms with Gasteiger partial charge in [0.2, 0.25) is 0 Å². The minimum Gasteiger partial charge on any atom is -0.381 e. The summed E-state index contributed by atoms with van der Waals surface area (Å²) < 4.78 is 11.7. The molecule has 1 fully saturated rings. The zero-order valence-corrected chi connectivity index (χ0v) is 13.4. The Morgan fingerprint density at radius 1 is 1.33 bits per heavy atom. The summed E-state index contributed by atoms with van der Waals surface area (Å²) in [6.07, 6.45) is 3.56. The van der Waals surface area contributed by atoms with Gasteiger partial charge in [-0.3, -0.25) is 0 Å². The van der Waals surface area contributed by atoms with E-state index in [1.54, 1.807) is 0 Å². The van der Waals surface area contributed by atoms with Crippen molar-refractivity contribution in [1.29, 1.82) is 0 Å². The van der Waals surface area contributed by atoms with Crippen LogP contribution >= 0.6 is 0 Å². The molecule has 118 valence electrons. The Kier molecular flexibility index (Phi) is 7.20. The van der Waals surface area contributed by atoms with Crippen molar-refractivity contribution in [1.82, 2.24) is 5.32 Å². The van der Waals surface area contributed by atoms with E-state index in [2.05, 4.69) is 43.4 Å². The molecule has 1 aliphatic heterocycles. The number of benzene rings is 1. The lowest BCUT2D eigenvalue weighted by molar-refractivity contribution is -0.0113. The largest absolute Gasteiger partial charge is 0.381 e. The molecule has 0 amide bonds. The summed E-state index contributed by atoms with van der Waals surface area (Å²) in [7, 11) is 0. The number of nitrogens with one attached hydrogen (secondary N) is 1. The van der Waals surface area contributed by atoms with Crippen LogP contribution in [0.3, 0.4) is 0 Å². The molecule has 1 atom stereocenters. The Morgan fingerprint density at radius 3 is 2.86 bits per heavy atom. The first-order chi connectivity index (χ1) is 10.3. The molecule has 0 aromatic heterocycles. The van der Waals surface area contributed by atoms with Gasteiger partial charge in [0.1, 0.15) is 0 Å². The second-order valence-electron chi connectivity index (χ2n) is 6.00. The van der Waals surface area contributed by atoms with Crippen molar-refractivity contribution in [3.05, 3.63) is 35.4 Å². The third kappa shape index (κ3) is 5.77. The van der Waals surface area contributed by atoms with Crippen molar-refractivity contribution in [2.75, 3.05) is 32.9 Å². The average molecular weight is 291 g/mol. The first kappa shape index (κ1) is 16.5. The molecule has 2 rings (SSSR count). The number of aryl methyl sites for hydroxylation is 1. The monoisotopic (exact) mass is 291 g/mol. The van der Waals surface area contributed by atoms with Crippen molar-refractivity contribution in [3.63, 3.8) is 0 Å². The van der Waals surface area contributed by atoms with Crippen LogP contribution in [0.4, 0.5) is 0 Å². The lowest BCUT2D eigenvalue weighted by Gasteiger charge is -2.26. The molecule has 1 unspecified atom stereocenters. The third-order valence-electron chi connectivity index (χ3n) is 4.04. The van der Waals surface area contributed by atoms with E-state index in [4.69, 9.17) is 9.47 Å². The van der Waals surface area contributed by atoms with Gasteiger partial charge in [-0.2, -0.15) is 0 Å².